The number of benzene rings is 1. The zero-order chi connectivity index (χ0) is 13.7. The van der Waals surface area contributed by atoms with Crippen molar-refractivity contribution in [3.05, 3.63) is 35.4 Å². The zero-order valence-electron chi connectivity index (χ0n) is 11.6. The number of carboxylic acids is 1. The average molecular weight is 261 g/mol. The molecule has 0 aliphatic carbocycles. The van der Waals surface area contributed by atoms with Crippen LogP contribution in [-0.4, -0.2) is 35.6 Å². The van der Waals surface area contributed by atoms with Crippen molar-refractivity contribution in [3.63, 3.8) is 0 Å². The van der Waals surface area contributed by atoms with Gasteiger partial charge in [-0.15, -0.1) is 0 Å². The van der Waals surface area contributed by atoms with Crippen LogP contribution in [0.25, 0.3) is 0 Å². The standard InChI is InChI=1S/C16H23NO2/c1-13-6-2-3-7-14(13)8-4-10-17-11-5-9-15(12-17)16(18)19/h2-3,6-7,15H,4-5,8-12H2,1H3,(H,18,19). The van der Waals surface area contributed by atoms with E-state index in [1.54, 1.807) is 0 Å². The van der Waals surface area contributed by atoms with Crippen LogP contribution >= 0.6 is 0 Å². The highest BCUT2D eigenvalue weighted by atomic mass is 16.4. The van der Waals surface area contributed by atoms with Crippen LogP contribution in [0.1, 0.15) is 30.4 Å². The number of hydrogen-bond acceptors (Lipinski definition) is 2. The van der Waals surface area contributed by atoms with Gasteiger partial charge in [0.25, 0.3) is 0 Å². The molecule has 104 valence electrons. The van der Waals surface area contributed by atoms with E-state index < -0.39 is 5.97 Å². The topological polar surface area (TPSA) is 40.5 Å². The van der Waals surface area contributed by atoms with Gasteiger partial charge >= 0.3 is 5.97 Å². The van der Waals surface area contributed by atoms with Gasteiger partial charge in [0.2, 0.25) is 0 Å². The summed E-state index contributed by atoms with van der Waals surface area (Å²) in [5.74, 6) is -0.796. The predicted molar refractivity (Wildman–Crippen MR) is 76.3 cm³/mol. The molecule has 0 saturated carbocycles. The van der Waals surface area contributed by atoms with E-state index in [-0.39, 0.29) is 5.92 Å². The minimum atomic E-state index is -0.636. The van der Waals surface area contributed by atoms with E-state index in [1.807, 2.05) is 0 Å². The van der Waals surface area contributed by atoms with E-state index in [0.717, 1.165) is 45.3 Å². The Hall–Kier alpha value is -1.35. The maximum atomic E-state index is 11.0. The second-order valence-corrected chi connectivity index (χ2v) is 5.51. The summed E-state index contributed by atoms with van der Waals surface area (Å²) >= 11 is 0. The van der Waals surface area contributed by atoms with Crippen LogP contribution in [0.2, 0.25) is 0 Å². The summed E-state index contributed by atoms with van der Waals surface area (Å²) in [6.45, 7) is 4.94. The van der Waals surface area contributed by atoms with Gasteiger partial charge in [-0.05, 0) is 56.8 Å². The summed E-state index contributed by atoms with van der Waals surface area (Å²) < 4.78 is 0. The maximum Gasteiger partial charge on any atom is 0.307 e. The monoisotopic (exact) mass is 261 g/mol. The number of rotatable bonds is 5. The summed E-state index contributed by atoms with van der Waals surface area (Å²) in [6, 6.07) is 8.49. The summed E-state index contributed by atoms with van der Waals surface area (Å²) in [4.78, 5) is 13.3. The first-order valence-electron chi connectivity index (χ1n) is 7.16. The van der Waals surface area contributed by atoms with E-state index >= 15 is 0 Å². The molecular formula is C16H23NO2. The molecule has 2 rings (SSSR count). The van der Waals surface area contributed by atoms with Crippen molar-refractivity contribution in [2.24, 2.45) is 5.92 Å². The fourth-order valence-electron chi connectivity index (χ4n) is 2.84. The lowest BCUT2D eigenvalue weighted by Gasteiger charge is -2.30. The molecular weight excluding hydrogens is 238 g/mol. The van der Waals surface area contributed by atoms with Crippen LogP contribution in [0, 0.1) is 12.8 Å². The second kappa shape index (κ2) is 6.71. The Morgan fingerprint density at radius 3 is 2.95 bits per heavy atom. The van der Waals surface area contributed by atoms with Crippen LogP contribution in [0.4, 0.5) is 0 Å². The molecule has 1 atom stereocenters. The third kappa shape index (κ3) is 4.06. The van der Waals surface area contributed by atoms with Crippen molar-refractivity contribution in [3.8, 4) is 0 Å². The molecule has 1 unspecified atom stereocenters. The molecule has 0 aromatic heterocycles. The number of aliphatic carboxylic acids is 1. The van der Waals surface area contributed by atoms with Crippen molar-refractivity contribution in [1.29, 1.82) is 0 Å². The first-order valence-corrected chi connectivity index (χ1v) is 7.16. The van der Waals surface area contributed by atoms with Crippen molar-refractivity contribution in [2.75, 3.05) is 19.6 Å². The van der Waals surface area contributed by atoms with Crippen LogP contribution in [-0.2, 0) is 11.2 Å². The maximum absolute atomic E-state index is 11.0. The lowest BCUT2D eigenvalue weighted by atomic mass is 9.97. The molecule has 1 saturated heterocycles. The molecule has 0 amide bonds. The Bertz CT molecular complexity index is 431. The molecule has 1 aromatic rings. The number of likely N-dealkylation sites (tertiary alicyclic amines) is 1. The molecule has 1 heterocycles. The first kappa shape index (κ1) is 14.1. The number of hydrogen-bond donors (Lipinski definition) is 1. The van der Waals surface area contributed by atoms with Crippen molar-refractivity contribution in [1.82, 2.24) is 4.90 Å². The Kier molecular flexibility index (Phi) is 4.97. The summed E-state index contributed by atoms with van der Waals surface area (Å²) in [7, 11) is 0. The van der Waals surface area contributed by atoms with Crippen LogP contribution in [0.3, 0.4) is 0 Å². The van der Waals surface area contributed by atoms with Crippen LogP contribution < -0.4 is 0 Å². The van der Waals surface area contributed by atoms with E-state index in [0.29, 0.717) is 0 Å². The molecule has 1 fully saturated rings. The fraction of sp³-hybridized carbons (Fsp3) is 0.562. The molecule has 1 aromatic carbocycles. The molecule has 3 heteroatoms. The molecule has 1 N–H and O–H groups in total. The van der Waals surface area contributed by atoms with E-state index in [4.69, 9.17) is 5.11 Å². The number of carbonyl (C=O) groups is 1. The third-order valence-electron chi connectivity index (χ3n) is 4.04. The van der Waals surface area contributed by atoms with Crippen molar-refractivity contribution in [2.45, 2.75) is 32.6 Å². The number of nitrogens with zero attached hydrogens (tertiary/aromatic N) is 1. The first-order chi connectivity index (χ1) is 9.16. The summed E-state index contributed by atoms with van der Waals surface area (Å²) in [5.41, 5.74) is 2.76. The minimum absolute atomic E-state index is 0.160. The molecule has 0 radical (unpaired) electrons. The third-order valence-corrected chi connectivity index (χ3v) is 4.04. The smallest absolute Gasteiger partial charge is 0.307 e. The van der Waals surface area contributed by atoms with Gasteiger partial charge in [-0.2, -0.15) is 0 Å². The number of carboxylic acid groups (broad SMARTS) is 1. The highest BCUT2D eigenvalue weighted by Gasteiger charge is 2.24. The van der Waals surface area contributed by atoms with Gasteiger partial charge < -0.3 is 10.0 Å². The van der Waals surface area contributed by atoms with Crippen LogP contribution in [0.5, 0.6) is 0 Å². The minimum Gasteiger partial charge on any atom is -0.481 e. The van der Waals surface area contributed by atoms with Crippen LogP contribution in [0.15, 0.2) is 24.3 Å². The lowest BCUT2D eigenvalue weighted by Crippen LogP contribution is -2.39. The summed E-state index contributed by atoms with van der Waals surface area (Å²) in [6.07, 6.45) is 4.04. The molecule has 1 aliphatic heterocycles. The van der Waals surface area contributed by atoms with E-state index in [1.165, 1.54) is 11.1 Å². The normalized spacial score (nSPS) is 20.4. The second-order valence-electron chi connectivity index (χ2n) is 5.51. The van der Waals surface area contributed by atoms with Gasteiger partial charge in [0.1, 0.15) is 0 Å². The predicted octanol–water partition coefficient (Wildman–Crippen LogP) is 2.72. The Balaban J connectivity index is 1.77. The number of aryl methyl sites for hydroxylation is 2. The van der Waals surface area contributed by atoms with Gasteiger partial charge in [-0.25, -0.2) is 0 Å². The highest BCUT2D eigenvalue weighted by Crippen LogP contribution is 2.17. The zero-order valence-corrected chi connectivity index (χ0v) is 11.6. The van der Waals surface area contributed by atoms with Gasteiger partial charge in [-0.1, -0.05) is 24.3 Å². The van der Waals surface area contributed by atoms with Crippen molar-refractivity contribution >= 4 is 5.97 Å². The Labute approximate surface area is 115 Å². The quantitative estimate of drug-likeness (QED) is 0.886. The number of piperidine rings is 1. The van der Waals surface area contributed by atoms with E-state index in [2.05, 4.69) is 36.1 Å². The highest BCUT2D eigenvalue weighted by molar-refractivity contribution is 5.70. The SMILES string of the molecule is Cc1ccccc1CCCN1CCCC(C(=O)O)C1. The van der Waals surface area contributed by atoms with Gasteiger partial charge in [0.05, 0.1) is 5.92 Å². The molecule has 3 nitrogen and oxygen atoms in total. The molecule has 0 bridgehead atoms. The summed E-state index contributed by atoms with van der Waals surface area (Å²) in [5, 5.41) is 9.07. The van der Waals surface area contributed by atoms with Gasteiger partial charge in [0.15, 0.2) is 0 Å². The van der Waals surface area contributed by atoms with Gasteiger partial charge in [-0.3, -0.25) is 4.79 Å². The molecule has 1 aliphatic rings. The fourth-order valence-corrected chi connectivity index (χ4v) is 2.84. The lowest BCUT2D eigenvalue weighted by molar-refractivity contribution is -0.143. The van der Waals surface area contributed by atoms with Gasteiger partial charge in [0, 0.05) is 6.54 Å². The Morgan fingerprint density at radius 1 is 1.42 bits per heavy atom. The van der Waals surface area contributed by atoms with Crippen molar-refractivity contribution < 1.29 is 9.90 Å². The molecule has 19 heavy (non-hydrogen) atoms. The Morgan fingerprint density at radius 2 is 2.21 bits per heavy atom. The average Bonchev–Trinajstić information content (AvgIpc) is 2.41. The van der Waals surface area contributed by atoms with E-state index in [9.17, 15) is 4.79 Å². The molecule has 0 spiro atoms. The largest absolute Gasteiger partial charge is 0.481 e.